The van der Waals surface area contributed by atoms with E-state index >= 15 is 0 Å². The highest BCUT2D eigenvalue weighted by molar-refractivity contribution is 7.89. The maximum absolute atomic E-state index is 13.4. The van der Waals surface area contributed by atoms with Gasteiger partial charge in [-0.1, -0.05) is 24.3 Å². The number of fused-ring (bicyclic) bond motifs is 1. The van der Waals surface area contributed by atoms with Gasteiger partial charge in [-0.15, -0.1) is 0 Å². The van der Waals surface area contributed by atoms with Crippen LogP contribution in [0.4, 0.5) is 13.2 Å². The third kappa shape index (κ3) is 4.80. The van der Waals surface area contributed by atoms with Crippen molar-refractivity contribution in [2.75, 3.05) is 19.8 Å². The number of hydrogen-bond acceptors (Lipinski definition) is 4. The summed E-state index contributed by atoms with van der Waals surface area (Å²) in [5.41, 5.74) is -0.108. The van der Waals surface area contributed by atoms with Gasteiger partial charge < -0.3 is 0 Å². The second kappa shape index (κ2) is 8.43. The quantitative estimate of drug-likeness (QED) is 0.573. The molecule has 166 valence electrons. The van der Waals surface area contributed by atoms with Crippen molar-refractivity contribution in [3.05, 3.63) is 69.8 Å². The number of sulfonamides is 1. The van der Waals surface area contributed by atoms with Crippen molar-refractivity contribution >= 4 is 20.9 Å². The average molecular weight is 453 g/mol. The zero-order chi connectivity index (χ0) is 23.0. The summed E-state index contributed by atoms with van der Waals surface area (Å²) in [4.78, 5) is 17.0. The molecule has 31 heavy (non-hydrogen) atoms. The Bertz CT molecular complexity index is 1280. The molecule has 0 fully saturated rings. The molecule has 3 rings (SSSR count). The zero-order valence-corrected chi connectivity index (χ0v) is 18.1. The van der Waals surface area contributed by atoms with Crippen LogP contribution in [0.15, 0.2) is 47.3 Å². The number of aromatic nitrogens is 2. The highest BCUT2D eigenvalue weighted by atomic mass is 32.2. The SMILES string of the molecule is Cc1ccccc1-n1c(=O)nc(CCCS(=O)(=O)N(C)C)c2ccc(C(F)(F)F)cc21. The van der Waals surface area contributed by atoms with Gasteiger partial charge in [0.05, 0.1) is 28.2 Å². The van der Waals surface area contributed by atoms with E-state index in [1.165, 1.54) is 24.7 Å². The third-order valence-corrected chi connectivity index (χ3v) is 6.94. The van der Waals surface area contributed by atoms with Gasteiger partial charge >= 0.3 is 11.9 Å². The molecule has 1 heterocycles. The molecule has 0 saturated carbocycles. The predicted octanol–water partition coefficient (Wildman–Crippen LogP) is 3.54. The van der Waals surface area contributed by atoms with Crippen molar-refractivity contribution in [3.63, 3.8) is 0 Å². The summed E-state index contributed by atoms with van der Waals surface area (Å²) in [6, 6.07) is 10.0. The molecule has 10 heteroatoms. The number of benzene rings is 2. The summed E-state index contributed by atoms with van der Waals surface area (Å²) in [6.07, 6.45) is -4.26. The van der Waals surface area contributed by atoms with Gasteiger partial charge in [-0.05, 0) is 43.5 Å². The Morgan fingerprint density at radius 3 is 2.39 bits per heavy atom. The van der Waals surface area contributed by atoms with Gasteiger partial charge in [0.2, 0.25) is 10.0 Å². The van der Waals surface area contributed by atoms with Gasteiger partial charge in [-0.3, -0.25) is 4.57 Å². The minimum absolute atomic E-state index is 0.0783. The molecule has 1 aromatic heterocycles. The van der Waals surface area contributed by atoms with Crippen LogP contribution in [0.1, 0.15) is 23.2 Å². The summed E-state index contributed by atoms with van der Waals surface area (Å²) < 4.78 is 66.4. The highest BCUT2D eigenvalue weighted by Gasteiger charge is 2.31. The third-order valence-electron chi connectivity index (χ3n) is 5.03. The molecule has 0 aliphatic carbocycles. The van der Waals surface area contributed by atoms with Crippen molar-refractivity contribution in [2.24, 2.45) is 0 Å². The van der Waals surface area contributed by atoms with E-state index in [0.717, 1.165) is 16.4 Å². The molecule has 0 N–H and O–H groups in total. The monoisotopic (exact) mass is 453 g/mol. The van der Waals surface area contributed by atoms with E-state index in [0.29, 0.717) is 16.6 Å². The van der Waals surface area contributed by atoms with Crippen LogP contribution in [-0.2, 0) is 22.6 Å². The molecule has 0 amide bonds. The Labute approximate surface area is 178 Å². The Morgan fingerprint density at radius 1 is 1.10 bits per heavy atom. The largest absolute Gasteiger partial charge is 0.416 e. The van der Waals surface area contributed by atoms with E-state index < -0.39 is 27.5 Å². The Hall–Kier alpha value is -2.72. The first kappa shape index (κ1) is 23.0. The first-order chi connectivity index (χ1) is 14.4. The van der Waals surface area contributed by atoms with Crippen molar-refractivity contribution in [1.82, 2.24) is 13.9 Å². The molecule has 0 unspecified atom stereocenters. The van der Waals surface area contributed by atoms with Gasteiger partial charge in [0, 0.05) is 19.5 Å². The number of nitrogens with zero attached hydrogens (tertiary/aromatic N) is 3. The molecule has 0 spiro atoms. The summed E-state index contributed by atoms with van der Waals surface area (Å²) in [7, 11) is -0.598. The summed E-state index contributed by atoms with van der Waals surface area (Å²) in [5.74, 6) is -0.162. The van der Waals surface area contributed by atoms with E-state index in [9.17, 15) is 26.4 Å². The smallest absolute Gasteiger partial charge is 0.260 e. The molecule has 0 bridgehead atoms. The maximum atomic E-state index is 13.4. The summed E-state index contributed by atoms with van der Waals surface area (Å²) in [6.45, 7) is 1.75. The van der Waals surface area contributed by atoms with Gasteiger partial charge in [-0.2, -0.15) is 18.2 Å². The van der Waals surface area contributed by atoms with E-state index in [1.807, 2.05) is 0 Å². The molecular weight excluding hydrogens is 431 g/mol. The molecular formula is C21H22F3N3O3S. The highest BCUT2D eigenvalue weighted by Crippen LogP contribution is 2.32. The topological polar surface area (TPSA) is 72.3 Å². The Kier molecular flexibility index (Phi) is 6.24. The number of para-hydroxylation sites is 1. The molecule has 0 saturated heterocycles. The van der Waals surface area contributed by atoms with Crippen molar-refractivity contribution in [3.8, 4) is 5.69 Å². The predicted molar refractivity (Wildman–Crippen MR) is 113 cm³/mol. The van der Waals surface area contributed by atoms with Gasteiger partial charge in [0.1, 0.15) is 0 Å². The van der Waals surface area contributed by atoms with E-state index in [2.05, 4.69) is 4.98 Å². The summed E-state index contributed by atoms with van der Waals surface area (Å²) in [5, 5.41) is 0.373. The van der Waals surface area contributed by atoms with Crippen LogP contribution in [0.5, 0.6) is 0 Å². The van der Waals surface area contributed by atoms with Crippen LogP contribution in [0.25, 0.3) is 16.6 Å². The Morgan fingerprint density at radius 2 is 1.77 bits per heavy atom. The molecule has 2 aromatic carbocycles. The van der Waals surface area contributed by atoms with Crippen LogP contribution in [0, 0.1) is 6.92 Å². The first-order valence-electron chi connectivity index (χ1n) is 9.51. The lowest BCUT2D eigenvalue weighted by atomic mass is 10.1. The molecule has 0 aliphatic heterocycles. The number of rotatable bonds is 6. The second-order valence-electron chi connectivity index (χ2n) is 7.39. The maximum Gasteiger partial charge on any atom is 0.416 e. The minimum atomic E-state index is -4.58. The Balaban J connectivity index is 2.17. The fourth-order valence-corrected chi connectivity index (χ4v) is 4.18. The number of halogens is 3. The summed E-state index contributed by atoms with van der Waals surface area (Å²) >= 11 is 0. The molecule has 3 aromatic rings. The van der Waals surface area contributed by atoms with Crippen molar-refractivity contribution < 1.29 is 21.6 Å². The minimum Gasteiger partial charge on any atom is -0.260 e. The molecule has 6 nitrogen and oxygen atoms in total. The lowest BCUT2D eigenvalue weighted by Crippen LogP contribution is -2.26. The molecule has 0 radical (unpaired) electrons. The lowest BCUT2D eigenvalue weighted by Gasteiger charge is -2.16. The van der Waals surface area contributed by atoms with E-state index in [1.54, 1.807) is 31.2 Å². The van der Waals surface area contributed by atoms with Crippen molar-refractivity contribution in [1.29, 1.82) is 0 Å². The number of aryl methyl sites for hydroxylation is 2. The molecule has 0 atom stereocenters. The fourth-order valence-electron chi connectivity index (χ4n) is 3.31. The van der Waals surface area contributed by atoms with Gasteiger partial charge in [0.15, 0.2) is 0 Å². The van der Waals surface area contributed by atoms with Crippen LogP contribution in [-0.4, -0.2) is 42.1 Å². The van der Waals surface area contributed by atoms with Gasteiger partial charge in [0.25, 0.3) is 0 Å². The molecule has 0 aliphatic rings. The van der Waals surface area contributed by atoms with Crippen LogP contribution < -0.4 is 5.69 Å². The number of alkyl halides is 3. The standard InChI is InChI=1S/C21H22F3N3O3S/c1-14-7-4-5-9-18(14)27-19-13-15(21(22,23)24)10-11-16(19)17(25-20(27)28)8-6-12-31(29,30)26(2)3/h4-5,7,9-11,13H,6,8,12H2,1-3H3. The lowest BCUT2D eigenvalue weighted by molar-refractivity contribution is -0.137. The number of hydrogen-bond donors (Lipinski definition) is 0. The van der Waals surface area contributed by atoms with E-state index in [4.69, 9.17) is 0 Å². The first-order valence-corrected chi connectivity index (χ1v) is 11.1. The normalized spacial score (nSPS) is 12.6. The van der Waals surface area contributed by atoms with Crippen LogP contribution in [0.2, 0.25) is 0 Å². The zero-order valence-electron chi connectivity index (χ0n) is 17.3. The van der Waals surface area contributed by atoms with Crippen molar-refractivity contribution in [2.45, 2.75) is 25.9 Å². The van der Waals surface area contributed by atoms with Crippen LogP contribution >= 0.6 is 0 Å². The fraction of sp³-hybridized carbons (Fsp3) is 0.333. The second-order valence-corrected chi connectivity index (χ2v) is 9.70. The van der Waals surface area contributed by atoms with Crippen LogP contribution in [0.3, 0.4) is 0 Å². The average Bonchev–Trinajstić information content (AvgIpc) is 2.67. The van der Waals surface area contributed by atoms with E-state index in [-0.39, 0.29) is 29.8 Å². The van der Waals surface area contributed by atoms with Gasteiger partial charge in [-0.25, -0.2) is 17.5 Å².